The van der Waals surface area contributed by atoms with Crippen LogP contribution in [0.2, 0.25) is 5.02 Å². The van der Waals surface area contributed by atoms with Crippen LogP contribution >= 0.6 is 23.4 Å². The molecule has 0 bridgehead atoms. The lowest BCUT2D eigenvalue weighted by molar-refractivity contribution is 0.0323. The van der Waals surface area contributed by atoms with Gasteiger partial charge in [0.25, 0.3) is 0 Å². The molecular formula is C24H22ClN3OS. The molecule has 4 aromatic rings. The third kappa shape index (κ3) is 4.10. The van der Waals surface area contributed by atoms with Crippen LogP contribution in [0.4, 0.5) is 0 Å². The summed E-state index contributed by atoms with van der Waals surface area (Å²) in [5.74, 6) is 0. The van der Waals surface area contributed by atoms with Crippen molar-refractivity contribution in [2.45, 2.75) is 36.3 Å². The van der Waals surface area contributed by atoms with Gasteiger partial charge in [0.05, 0.1) is 28.9 Å². The van der Waals surface area contributed by atoms with Crippen LogP contribution in [0.25, 0.3) is 33.5 Å². The molecule has 1 N–H and O–H groups in total. The number of thioether (sulfide) groups is 1. The Kier molecular flexibility index (Phi) is 5.50. The molecule has 2 atom stereocenters. The standard InChI is InChI=1S/C24H22ClN3OS/c1-15-7-12-19(14-29-15)30-24-26-21-13-20(25)22(27-23(21)28-24)18-10-8-17(9-11-18)16-5-3-2-4-6-16/h2-6,8-11,13,15,19H,7,12,14H2,1H3,(H,26,27,28). The van der Waals surface area contributed by atoms with E-state index in [1.165, 1.54) is 11.1 Å². The second-order valence-electron chi connectivity index (χ2n) is 7.64. The van der Waals surface area contributed by atoms with Crippen LogP contribution in [0.5, 0.6) is 0 Å². The first-order valence-electron chi connectivity index (χ1n) is 10.2. The molecule has 3 heterocycles. The topological polar surface area (TPSA) is 50.8 Å². The molecule has 2 aromatic carbocycles. The quantitative estimate of drug-likeness (QED) is 0.392. The van der Waals surface area contributed by atoms with Gasteiger partial charge in [-0.3, -0.25) is 0 Å². The van der Waals surface area contributed by atoms with E-state index in [-0.39, 0.29) is 0 Å². The average Bonchev–Trinajstić information content (AvgIpc) is 3.16. The van der Waals surface area contributed by atoms with Crippen LogP contribution in [-0.4, -0.2) is 32.9 Å². The van der Waals surface area contributed by atoms with Gasteiger partial charge in [0.15, 0.2) is 10.8 Å². The molecule has 4 nitrogen and oxygen atoms in total. The Morgan fingerprint density at radius 2 is 1.70 bits per heavy atom. The number of imidazole rings is 1. The fourth-order valence-corrected chi connectivity index (χ4v) is 5.00. The number of benzene rings is 2. The Labute approximate surface area is 185 Å². The van der Waals surface area contributed by atoms with Gasteiger partial charge in [-0.05, 0) is 37.0 Å². The smallest absolute Gasteiger partial charge is 0.179 e. The van der Waals surface area contributed by atoms with Crippen LogP contribution in [-0.2, 0) is 4.74 Å². The highest BCUT2D eigenvalue weighted by Crippen LogP contribution is 2.33. The minimum atomic E-state index is 0.355. The van der Waals surface area contributed by atoms with Crippen molar-refractivity contribution in [1.29, 1.82) is 0 Å². The Bertz CT molecular complexity index is 1150. The van der Waals surface area contributed by atoms with Gasteiger partial charge in [-0.1, -0.05) is 78.0 Å². The number of pyridine rings is 1. The van der Waals surface area contributed by atoms with Crippen molar-refractivity contribution in [3.8, 4) is 22.4 Å². The van der Waals surface area contributed by atoms with Gasteiger partial charge < -0.3 is 9.72 Å². The van der Waals surface area contributed by atoms with Gasteiger partial charge >= 0.3 is 0 Å². The summed E-state index contributed by atoms with van der Waals surface area (Å²) in [6, 6.07) is 20.6. The number of aromatic nitrogens is 3. The van der Waals surface area contributed by atoms with E-state index in [1.54, 1.807) is 11.8 Å². The van der Waals surface area contributed by atoms with Gasteiger partial charge in [0, 0.05) is 10.8 Å². The molecule has 0 spiro atoms. The molecule has 152 valence electrons. The summed E-state index contributed by atoms with van der Waals surface area (Å²) in [7, 11) is 0. The summed E-state index contributed by atoms with van der Waals surface area (Å²) in [4.78, 5) is 12.8. The first-order valence-corrected chi connectivity index (χ1v) is 11.4. The van der Waals surface area contributed by atoms with E-state index in [2.05, 4.69) is 48.3 Å². The molecule has 0 aliphatic carbocycles. The molecule has 1 aliphatic rings. The highest BCUT2D eigenvalue weighted by molar-refractivity contribution is 7.99. The third-order valence-corrected chi connectivity index (χ3v) is 6.82. The third-order valence-electron chi connectivity index (χ3n) is 5.41. The lowest BCUT2D eigenvalue weighted by atomic mass is 10.0. The lowest BCUT2D eigenvalue weighted by Crippen LogP contribution is -2.25. The fraction of sp³-hybridized carbons (Fsp3) is 0.250. The summed E-state index contributed by atoms with van der Waals surface area (Å²) in [6.07, 6.45) is 2.58. The second-order valence-corrected chi connectivity index (χ2v) is 9.33. The van der Waals surface area contributed by atoms with Gasteiger partial charge in [-0.25, -0.2) is 9.97 Å². The molecule has 0 saturated carbocycles. The van der Waals surface area contributed by atoms with Crippen molar-refractivity contribution in [1.82, 2.24) is 15.0 Å². The fourth-order valence-electron chi connectivity index (χ4n) is 3.71. The predicted octanol–water partition coefficient (Wildman–Crippen LogP) is 6.60. The molecule has 0 amide bonds. The van der Waals surface area contributed by atoms with E-state index < -0.39 is 0 Å². The zero-order valence-corrected chi connectivity index (χ0v) is 18.2. The SMILES string of the molecule is CC1CCC(Sc2nc3nc(-c4ccc(-c5ccccc5)cc4)c(Cl)cc3[nH]2)CO1. The number of hydrogen-bond donors (Lipinski definition) is 1. The van der Waals surface area contributed by atoms with Gasteiger partial charge in [-0.2, -0.15) is 0 Å². The van der Waals surface area contributed by atoms with Crippen molar-refractivity contribution in [3.05, 3.63) is 65.7 Å². The molecular weight excluding hydrogens is 414 g/mol. The highest BCUT2D eigenvalue weighted by atomic mass is 35.5. The van der Waals surface area contributed by atoms with E-state index in [0.29, 0.717) is 22.0 Å². The van der Waals surface area contributed by atoms with E-state index in [4.69, 9.17) is 26.3 Å². The maximum Gasteiger partial charge on any atom is 0.179 e. The maximum absolute atomic E-state index is 6.57. The van der Waals surface area contributed by atoms with E-state index in [1.807, 2.05) is 24.3 Å². The number of aromatic amines is 1. The summed E-state index contributed by atoms with van der Waals surface area (Å²) < 4.78 is 5.78. The second kappa shape index (κ2) is 8.42. The van der Waals surface area contributed by atoms with Crippen LogP contribution in [0.1, 0.15) is 19.8 Å². The van der Waals surface area contributed by atoms with Crippen LogP contribution in [0.3, 0.4) is 0 Å². The van der Waals surface area contributed by atoms with E-state index >= 15 is 0 Å². The van der Waals surface area contributed by atoms with Crippen LogP contribution in [0, 0.1) is 0 Å². The lowest BCUT2D eigenvalue weighted by Gasteiger charge is -2.25. The van der Waals surface area contributed by atoms with E-state index in [0.717, 1.165) is 41.4 Å². The summed E-state index contributed by atoms with van der Waals surface area (Å²) in [6.45, 7) is 2.89. The molecule has 6 heteroatoms. The van der Waals surface area contributed by atoms with Gasteiger partial charge in [0.1, 0.15) is 0 Å². The van der Waals surface area contributed by atoms with Crippen molar-refractivity contribution < 1.29 is 4.74 Å². The number of halogens is 1. The number of nitrogens with zero attached hydrogens (tertiary/aromatic N) is 2. The molecule has 2 aromatic heterocycles. The molecule has 1 fully saturated rings. The molecule has 2 unspecified atom stereocenters. The summed E-state index contributed by atoms with van der Waals surface area (Å²) in [5, 5.41) is 1.90. The Hall–Kier alpha value is -2.34. The zero-order chi connectivity index (χ0) is 20.5. The number of nitrogens with one attached hydrogen (secondary N) is 1. The normalized spacial score (nSPS) is 19.3. The van der Waals surface area contributed by atoms with E-state index in [9.17, 15) is 0 Å². The van der Waals surface area contributed by atoms with Crippen LogP contribution in [0.15, 0.2) is 65.8 Å². The molecule has 5 rings (SSSR count). The highest BCUT2D eigenvalue weighted by Gasteiger charge is 2.21. The first kappa shape index (κ1) is 19.6. The Morgan fingerprint density at radius 1 is 0.967 bits per heavy atom. The largest absolute Gasteiger partial charge is 0.377 e. The number of fused-ring (bicyclic) bond motifs is 1. The van der Waals surface area contributed by atoms with Crippen LogP contribution < -0.4 is 0 Å². The number of H-pyrrole nitrogens is 1. The van der Waals surface area contributed by atoms with Crippen molar-refractivity contribution in [3.63, 3.8) is 0 Å². The monoisotopic (exact) mass is 435 g/mol. The molecule has 30 heavy (non-hydrogen) atoms. The molecule has 0 radical (unpaired) electrons. The minimum Gasteiger partial charge on any atom is -0.377 e. The van der Waals surface area contributed by atoms with Crippen molar-refractivity contribution in [2.75, 3.05) is 6.61 Å². The number of rotatable bonds is 4. The van der Waals surface area contributed by atoms with Crippen molar-refractivity contribution >= 4 is 34.5 Å². The minimum absolute atomic E-state index is 0.355. The van der Waals surface area contributed by atoms with Gasteiger partial charge in [-0.15, -0.1) is 0 Å². The summed E-state index contributed by atoms with van der Waals surface area (Å²) >= 11 is 8.30. The molecule has 1 saturated heterocycles. The predicted molar refractivity (Wildman–Crippen MR) is 124 cm³/mol. The molecule has 1 aliphatic heterocycles. The maximum atomic E-state index is 6.57. The summed E-state index contributed by atoms with van der Waals surface area (Å²) in [5.41, 5.74) is 5.63. The Morgan fingerprint density at radius 3 is 2.43 bits per heavy atom. The van der Waals surface area contributed by atoms with Crippen molar-refractivity contribution in [2.24, 2.45) is 0 Å². The first-order chi connectivity index (χ1) is 14.7. The average molecular weight is 436 g/mol. The number of hydrogen-bond acceptors (Lipinski definition) is 4. The zero-order valence-electron chi connectivity index (χ0n) is 16.6. The van der Waals surface area contributed by atoms with Gasteiger partial charge in [0.2, 0.25) is 0 Å². The Balaban J connectivity index is 1.40. The number of ether oxygens (including phenoxy) is 1.